The molecular formula is C22H27FN4O3S. The fourth-order valence-corrected chi connectivity index (χ4v) is 6.13. The zero-order chi connectivity index (χ0) is 22.2. The molecular weight excluding hydrogens is 419 g/mol. The fourth-order valence-electron chi connectivity index (χ4n) is 4.48. The van der Waals surface area contributed by atoms with Crippen LogP contribution in [-0.4, -0.2) is 72.9 Å². The molecule has 166 valence electrons. The fraction of sp³-hybridized carbons (Fsp3) is 0.409. The van der Waals surface area contributed by atoms with Gasteiger partial charge in [-0.1, -0.05) is 18.2 Å². The van der Waals surface area contributed by atoms with Crippen molar-refractivity contribution in [2.45, 2.75) is 30.3 Å². The van der Waals surface area contributed by atoms with E-state index in [0.29, 0.717) is 38.4 Å². The Kier molecular flexibility index (Phi) is 5.76. The minimum atomic E-state index is -3.62. The summed E-state index contributed by atoms with van der Waals surface area (Å²) < 4.78 is 41.1. The Morgan fingerprint density at radius 1 is 1.03 bits per heavy atom. The normalized spacial score (nSPS) is 22.0. The number of rotatable bonds is 3. The minimum absolute atomic E-state index is 0.116. The Hall–Kier alpha value is -2.49. The molecule has 0 radical (unpaired) electrons. The summed E-state index contributed by atoms with van der Waals surface area (Å²) in [4.78, 5) is 17.0. The molecule has 1 N–H and O–H groups in total. The van der Waals surface area contributed by atoms with Crippen LogP contribution in [0.25, 0.3) is 0 Å². The monoisotopic (exact) mass is 446 g/mol. The maximum absolute atomic E-state index is 13.2. The number of halogens is 1. The highest BCUT2D eigenvalue weighted by atomic mass is 32.2. The Labute approximate surface area is 182 Å². The van der Waals surface area contributed by atoms with E-state index in [1.165, 1.54) is 28.6 Å². The number of sulfonamides is 1. The molecule has 0 aliphatic carbocycles. The lowest BCUT2D eigenvalue weighted by molar-refractivity contribution is -0.0325. The molecule has 1 unspecified atom stereocenters. The van der Waals surface area contributed by atoms with Gasteiger partial charge in [0.05, 0.1) is 4.90 Å². The molecule has 0 bridgehead atoms. The van der Waals surface area contributed by atoms with E-state index in [4.69, 9.17) is 0 Å². The third-order valence-electron chi connectivity index (χ3n) is 6.00. The van der Waals surface area contributed by atoms with E-state index in [9.17, 15) is 17.6 Å². The number of carbonyl (C=O) groups is 1. The van der Waals surface area contributed by atoms with Gasteiger partial charge < -0.3 is 10.2 Å². The molecule has 4 rings (SSSR count). The molecule has 2 aliphatic rings. The Morgan fingerprint density at radius 2 is 1.71 bits per heavy atom. The number of nitrogens with zero attached hydrogens (tertiary/aromatic N) is 3. The zero-order valence-electron chi connectivity index (χ0n) is 17.7. The van der Waals surface area contributed by atoms with Gasteiger partial charge in [0.15, 0.2) is 0 Å². The molecule has 7 nitrogen and oxygen atoms in total. The van der Waals surface area contributed by atoms with Crippen molar-refractivity contribution in [3.05, 3.63) is 60.4 Å². The molecule has 1 atom stereocenters. The Bertz CT molecular complexity index is 1040. The summed E-state index contributed by atoms with van der Waals surface area (Å²) in [5.74, 6) is -0.365. The SMILES string of the molecule is CC1(C)CN(S(=O)(=O)c2ccccc2)CC2CN(C(=O)Nc3ccc(F)cc3)CCN21. The van der Waals surface area contributed by atoms with Crippen LogP contribution in [0.5, 0.6) is 0 Å². The van der Waals surface area contributed by atoms with Gasteiger partial charge in [-0.15, -0.1) is 0 Å². The quantitative estimate of drug-likeness (QED) is 0.787. The summed E-state index contributed by atoms with van der Waals surface area (Å²) in [6.45, 7) is 6.41. The van der Waals surface area contributed by atoms with Crippen LogP contribution < -0.4 is 5.32 Å². The number of nitrogens with one attached hydrogen (secondary N) is 1. The highest BCUT2D eigenvalue weighted by molar-refractivity contribution is 7.89. The maximum Gasteiger partial charge on any atom is 0.321 e. The molecule has 2 saturated heterocycles. The molecule has 0 aromatic heterocycles. The maximum atomic E-state index is 13.2. The summed E-state index contributed by atoms with van der Waals surface area (Å²) in [5.41, 5.74) is 0.163. The van der Waals surface area contributed by atoms with E-state index < -0.39 is 10.0 Å². The van der Waals surface area contributed by atoms with Gasteiger partial charge in [-0.2, -0.15) is 4.31 Å². The summed E-state index contributed by atoms with van der Waals surface area (Å²) >= 11 is 0. The van der Waals surface area contributed by atoms with Crippen molar-refractivity contribution in [2.75, 3.05) is 38.0 Å². The molecule has 2 amide bonds. The minimum Gasteiger partial charge on any atom is -0.322 e. The lowest BCUT2D eigenvalue weighted by Crippen LogP contribution is -2.70. The average molecular weight is 447 g/mol. The van der Waals surface area contributed by atoms with E-state index in [0.717, 1.165) is 0 Å². The van der Waals surface area contributed by atoms with Crippen molar-refractivity contribution < 1.29 is 17.6 Å². The smallest absolute Gasteiger partial charge is 0.321 e. The van der Waals surface area contributed by atoms with Gasteiger partial charge in [-0.25, -0.2) is 17.6 Å². The molecule has 2 heterocycles. The number of hydrogen-bond acceptors (Lipinski definition) is 4. The van der Waals surface area contributed by atoms with Crippen molar-refractivity contribution >= 4 is 21.7 Å². The van der Waals surface area contributed by atoms with E-state index in [-0.39, 0.29) is 28.3 Å². The predicted octanol–water partition coefficient (Wildman–Crippen LogP) is 2.83. The predicted molar refractivity (Wildman–Crippen MR) is 117 cm³/mol. The van der Waals surface area contributed by atoms with E-state index in [2.05, 4.69) is 10.2 Å². The van der Waals surface area contributed by atoms with Gasteiger partial charge >= 0.3 is 6.03 Å². The van der Waals surface area contributed by atoms with Crippen LogP contribution in [-0.2, 0) is 10.0 Å². The number of fused-ring (bicyclic) bond motifs is 1. The van der Waals surface area contributed by atoms with Crippen LogP contribution in [0.1, 0.15) is 13.8 Å². The summed E-state index contributed by atoms with van der Waals surface area (Å²) in [5, 5.41) is 2.79. The second-order valence-corrected chi connectivity index (χ2v) is 10.6. The van der Waals surface area contributed by atoms with Crippen molar-refractivity contribution in [1.29, 1.82) is 0 Å². The second-order valence-electron chi connectivity index (χ2n) is 8.65. The lowest BCUT2D eigenvalue weighted by atomic mass is 9.94. The van der Waals surface area contributed by atoms with Crippen molar-refractivity contribution in [3.8, 4) is 0 Å². The highest BCUT2D eigenvalue weighted by Gasteiger charge is 2.46. The topological polar surface area (TPSA) is 73.0 Å². The molecule has 31 heavy (non-hydrogen) atoms. The summed E-state index contributed by atoms with van der Waals surface area (Å²) in [7, 11) is -3.62. The molecule has 2 fully saturated rings. The first-order valence-corrected chi connectivity index (χ1v) is 11.7. The standard InChI is InChI=1S/C22H27FN4O3S/c1-22(2)16-26(31(29,30)20-6-4-3-5-7-20)15-19-14-25(12-13-27(19)22)21(28)24-18-10-8-17(23)9-11-18/h3-11,19H,12-16H2,1-2H3,(H,24,28). The van der Waals surface area contributed by atoms with Crippen LogP contribution in [0.2, 0.25) is 0 Å². The van der Waals surface area contributed by atoms with Crippen molar-refractivity contribution in [1.82, 2.24) is 14.1 Å². The third kappa shape index (κ3) is 4.44. The van der Waals surface area contributed by atoms with Crippen molar-refractivity contribution in [3.63, 3.8) is 0 Å². The average Bonchev–Trinajstić information content (AvgIpc) is 2.75. The zero-order valence-corrected chi connectivity index (χ0v) is 18.5. The van der Waals surface area contributed by atoms with Crippen LogP contribution in [0.15, 0.2) is 59.5 Å². The summed E-state index contributed by atoms with van der Waals surface area (Å²) in [6.07, 6.45) is 0. The number of benzene rings is 2. The van der Waals surface area contributed by atoms with E-state index in [1.54, 1.807) is 35.2 Å². The first kappa shape index (κ1) is 21.7. The van der Waals surface area contributed by atoms with Gasteiger partial charge in [-0.3, -0.25) is 4.90 Å². The van der Waals surface area contributed by atoms with E-state index >= 15 is 0 Å². The molecule has 0 spiro atoms. The van der Waals surface area contributed by atoms with Gasteiger partial charge in [0.25, 0.3) is 0 Å². The number of urea groups is 1. The number of hydrogen-bond donors (Lipinski definition) is 1. The third-order valence-corrected chi connectivity index (χ3v) is 7.83. The number of carbonyl (C=O) groups excluding carboxylic acids is 1. The van der Waals surface area contributed by atoms with Crippen LogP contribution >= 0.6 is 0 Å². The van der Waals surface area contributed by atoms with Crippen LogP contribution in [0.3, 0.4) is 0 Å². The molecule has 2 aromatic carbocycles. The molecule has 9 heteroatoms. The number of amides is 2. The van der Waals surface area contributed by atoms with Crippen LogP contribution in [0.4, 0.5) is 14.9 Å². The number of anilines is 1. The largest absolute Gasteiger partial charge is 0.322 e. The Morgan fingerprint density at radius 3 is 2.39 bits per heavy atom. The van der Waals surface area contributed by atoms with Gasteiger partial charge in [0, 0.05) is 50.0 Å². The lowest BCUT2D eigenvalue weighted by Gasteiger charge is -2.54. The first-order valence-electron chi connectivity index (χ1n) is 10.3. The first-order chi connectivity index (χ1) is 14.7. The highest BCUT2D eigenvalue weighted by Crippen LogP contribution is 2.31. The van der Waals surface area contributed by atoms with Crippen LogP contribution in [0, 0.1) is 5.82 Å². The molecule has 2 aliphatic heterocycles. The van der Waals surface area contributed by atoms with E-state index in [1.807, 2.05) is 13.8 Å². The molecule has 2 aromatic rings. The summed E-state index contributed by atoms with van der Waals surface area (Å²) in [6, 6.07) is 13.7. The van der Waals surface area contributed by atoms with Crippen molar-refractivity contribution in [2.24, 2.45) is 0 Å². The molecule has 0 saturated carbocycles. The second kappa shape index (κ2) is 8.22. The van der Waals surface area contributed by atoms with Gasteiger partial charge in [0.2, 0.25) is 10.0 Å². The Balaban J connectivity index is 1.50. The number of piperazine rings is 2. The van der Waals surface area contributed by atoms with Gasteiger partial charge in [-0.05, 0) is 50.2 Å². The van der Waals surface area contributed by atoms with Gasteiger partial charge in [0.1, 0.15) is 5.82 Å².